The lowest BCUT2D eigenvalue weighted by Crippen LogP contribution is -2.20. The lowest BCUT2D eigenvalue weighted by molar-refractivity contribution is -0.132. The zero-order valence-corrected chi connectivity index (χ0v) is 12.2. The van der Waals surface area contributed by atoms with Gasteiger partial charge in [-0.2, -0.15) is 5.26 Å². The number of fused-ring (bicyclic) bond motifs is 1. The second-order valence-corrected chi connectivity index (χ2v) is 5.61. The van der Waals surface area contributed by atoms with Crippen molar-refractivity contribution in [3.05, 3.63) is 34.7 Å². The van der Waals surface area contributed by atoms with Gasteiger partial charge in [-0.05, 0) is 29.7 Å². The minimum atomic E-state index is -1.22. The summed E-state index contributed by atoms with van der Waals surface area (Å²) in [6, 6.07) is 9.40. The molecule has 0 amide bonds. The molecule has 2 N–H and O–H groups in total. The molecule has 5 nitrogen and oxygen atoms in total. The average Bonchev–Trinajstić information content (AvgIpc) is 2.86. The molecule has 0 radical (unpaired) electrons. The lowest BCUT2D eigenvalue weighted by atomic mass is 10.2. The minimum Gasteiger partial charge on any atom is -0.477 e. The van der Waals surface area contributed by atoms with Gasteiger partial charge in [-0.25, -0.2) is 4.79 Å². The van der Waals surface area contributed by atoms with Crippen LogP contribution in [0, 0.1) is 11.3 Å². The second kappa shape index (κ2) is 6.39. The molecule has 108 valence electrons. The summed E-state index contributed by atoms with van der Waals surface area (Å²) < 4.78 is 1.01. The fourth-order valence-corrected chi connectivity index (χ4v) is 2.95. The van der Waals surface area contributed by atoms with Crippen LogP contribution >= 0.6 is 11.3 Å². The highest BCUT2D eigenvalue weighted by Crippen LogP contribution is 2.30. The Labute approximate surface area is 126 Å². The second-order valence-electron chi connectivity index (χ2n) is 4.49. The van der Waals surface area contributed by atoms with Crippen molar-refractivity contribution in [3.63, 3.8) is 0 Å². The Morgan fingerprint density at radius 1 is 1.48 bits per heavy atom. The summed E-state index contributed by atoms with van der Waals surface area (Å²) in [5.74, 6) is -1.22. The first-order valence-electron chi connectivity index (χ1n) is 6.26. The molecular formula is C15H14N2O3S. The van der Waals surface area contributed by atoms with E-state index in [1.807, 2.05) is 36.2 Å². The van der Waals surface area contributed by atoms with Crippen LogP contribution in [0.15, 0.2) is 29.8 Å². The summed E-state index contributed by atoms with van der Waals surface area (Å²) in [6.07, 6.45) is 1.38. The number of carboxylic acids is 1. The van der Waals surface area contributed by atoms with Crippen molar-refractivity contribution in [2.24, 2.45) is 0 Å². The SMILES string of the molecule is CN(CCO)c1ccc2cc(/C=C(\C#N)C(=O)O)sc2c1. The molecule has 0 bridgehead atoms. The van der Waals surface area contributed by atoms with Gasteiger partial charge < -0.3 is 15.1 Å². The van der Waals surface area contributed by atoms with Crippen molar-refractivity contribution in [2.75, 3.05) is 25.1 Å². The van der Waals surface area contributed by atoms with E-state index in [2.05, 4.69) is 0 Å². The van der Waals surface area contributed by atoms with Gasteiger partial charge in [0.2, 0.25) is 0 Å². The normalized spacial score (nSPS) is 11.4. The molecule has 0 saturated carbocycles. The minimum absolute atomic E-state index is 0.0805. The molecular weight excluding hydrogens is 288 g/mol. The maximum Gasteiger partial charge on any atom is 0.346 e. The predicted molar refractivity (Wildman–Crippen MR) is 83.4 cm³/mol. The molecule has 0 fully saturated rings. The number of aliphatic hydroxyl groups is 1. The number of hydrogen-bond donors (Lipinski definition) is 2. The van der Waals surface area contributed by atoms with Crippen molar-refractivity contribution in [1.29, 1.82) is 5.26 Å². The monoisotopic (exact) mass is 302 g/mol. The molecule has 21 heavy (non-hydrogen) atoms. The summed E-state index contributed by atoms with van der Waals surface area (Å²) in [4.78, 5) is 13.5. The van der Waals surface area contributed by atoms with E-state index in [0.717, 1.165) is 20.7 Å². The maximum atomic E-state index is 10.8. The van der Waals surface area contributed by atoms with E-state index < -0.39 is 5.97 Å². The molecule has 1 aromatic heterocycles. The highest BCUT2D eigenvalue weighted by atomic mass is 32.1. The largest absolute Gasteiger partial charge is 0.477 e. The van der Waals surface area contributed by atoms with E-state index in [9.17, 15) is 4.79 Å². The fraction of sp³-hybridized carbons (Fsp3) is 0.200. The maximum absolute atomic E-state index is 10.8. The number of aliphatic hydroxyl groups excluding tert-OH is 1. The number of rotatable bonds is 5. The highest BCUT2D eigenvalue weighted by molar-refractivity contribution is 7.19. The first kappa shape index (κ1) is 15.0. The zero-order valence-electron chi connectivity index (χ0n) is 11.4. The third-order valence-electron chi connectivity index (χ3n) is 3.04. The first-order valence-corrected chi connectivity index (χ1v) is 7.07. The van der Waals surface area contributed by atoms with Crippen LogP contribution < -0.4 is 4.90 Å². The third kappa shape index (κ3) is 3.40. The number of carbonyl (C=O) groups is 1. The number of carboxylic acid groups (broad SMARTS) is 1. The van der Waals surface area contributed by atoms with E-state index in [1.54, 1.807) is 6.07 Å². The first-order chi connectivity index (χ1) is 10.0. The molecule has 0 aliphatic heterocycles. The van der Waals surface area contributed by atoms with Crippen LogP contribution in [0.25, 0.3) is 16.2 Å². The number of hydrogen-bond acceptors (Lipinski definition) is 5. The average molecular weight is 302 g/mol. The molecule has 1 heterocycles. The number of nitrogens with zero attached hydrogens (tertiary/aromatic N) is 2. The number of aliphatic carboxylic acids is 1. The van der Waals surface area contributed by atoms with E-state index in [-0.39, 0.29) is 12.2 Å². The summed E-state index contributed by atoms with van der Waals surface area (Å²) in [6.45, 7) is 0.623. The third-order valence-corrected chi connectivity index (χ3v) is 4.08. The fourth-order valence-electron chi connectivity index (χ4n) is 1.91. The van der Waals surface area contributed by atoms with Gasteiger partial charge in [0.1, 0.15) is 11.6 Å². The predicted octanol–water partition coefficient (Wildman–Crippen LogP) is 2.32. The summed E-state index contributed by atoms with van der Waals surface area (Å²) in [5.41, 5.74) is 0.701. The van der Waals surface area contributed by atoms with E-state index >= 15 is 0 Å². The number of benzene rings is 1. The molecule has 0 aliphatic carbocycles. The number of anilines is 1. The van der Waals surface area contributed by atoms with Crippen LogP contribution in [-0.2, 0) is 4.79 Å². The molecule has 0 saturated heterocycles. The van der Waals surface area contributed by atoms with Gasteiger partial charge in [0.15, 0.2) is 0 Å². The topological polar surface area (TPSA) is 84.6 Å². The Bertz CT molecular complexity index is 743. The van der Waals surface area contributed by atoms with Gasteiger partial charge in [-0.1, -0.05) is 6.07 Å². The van der Waals surface area contributed by atoms with E-state index in [0.29, 0.717) is 6.54 Å². The Morgan fingerprint density at radius 3 is 2.86 bits per heavy atom. The summed E-state index contributed by atoms with van der Waals surface area (Å²) in [5, 5.41) is 27.6. The van der Waals surface area contributed by atoms with Crippen molar-refractivity contribution in [1.82, 2.24) is 0 Å². The smallest absolute Gasteiger partial charge is 0.346 e. The standard InChI is InChI=1S/C15H14N2O3S/c1-17(4-5-18)12-3-2-10-6-13(21-14(10)8-12)7-11(9-16)15(19)20/h2-3,6-8,18H,4-5H2,1H3,(H,19,20)/b11-7+. The van der Waals surface area contributed by atoms with E-state index in [1.165, 1.54) is 17.4 Å². The molecule has 0 unspecified atom stereocenters. The molecule has 0 spiro atoms. The Hall–Kier alpha value is -2.36. The van der Waals surface area contributed by atoms with Crippen LogP contribution in [0.5, 0.6) is 0 Å². The van der Waals surface area contributed by atoms with Crippen molar-refractivity contribution in [3.8, 4) is 6.07 Å². The number of thiophene rings is 1. The van der Waals surface area contributed by atoms with Crippen molar-refractivity contribution in [2.45, 2.75) is 0 Å². The number of nitriles is 1. The molecule has 2 aromatic rings. The van der Waals surface area contributed by atoms with Crippen LogP contribution in [0.1, 0.15) is 4.88 Å². The van der Waals surface area contributed by atoms with Crippen LogP contribution in [0.3, 0.4) is 0 Å². The quantitative estimate of drug-likeness (QED) is 0.654. The van der Waals surface area contributed by atoms with Gasteiger partial charge in [-0.3, -0.25) is 0 Å². The zero-order chi connectivity index (χ0) is 15.4. The Kier molecular flexibility index (Phi) is 4.58. The Balaban J connectivity index is 2.39. The van der Waals surface area contributed by atoms with Gasteiger partial charge in [0, 0.05) is 28.9 Å². The molecule has 1 aromatic carbocycles. The molecule has 0 aliphatic rings. The molecule has 0 atom stereocenters. The highest BCUT2D eigenvalue weighted by Gasteiger charge is 2.09. The Morgan fingerprint density at radius 2 is 2.24 bits per heavy atom. The van der Waals surface area contributed by atoms with Crippen LogP contribution in [-0.4, -0.2) is 36.4 Å². The van der Waals surface area contributed by atoms with Crippen molar-refractivity contribution < 1.29 is 15.0 Å². The van der Waals surface area contributed by atoms with Gasteiger partial charge >= 0.3 is 5.97 Å². The molecule has 6 heteroatoms. The summed E-state index contributed by atoms with van der Waals surface area (Å²) >= 11 is 1.43. The summed E-state index contributed by atoms with van der Waals surface area (Å²) in [7, 11) is 1.89. The number of likely N-dealkylation sites (N-methyl/N-ethyl adjacent to an activating group) is 1. The van der Waals surface area contributed by atoms with Crippen LogP contribution in [0.2, 0.25) is 0 Å². The van der Waals surface area contributed by atoms with Crippen LogP contribution in [0.4, 0.5) is 5.69 Å². The van der Waals surface area contributed by atoms with Gasteiger partial charge in [-0.15, -0.1) is 11.3 Å². The van der Waals surface area contributed by atoms with E-state index in [4.69, 9.17) is 15.5 Å². The lowest BCUT2D eigenvalue weighted by Gasteiger charge is -2.17. The van der Waals surface area contributed by atoms with Crippen molar-refractivity contribution >= 4 is 39.2 Å². The molecule has 2 rings (SSSR count). The van der Waals surface area contributed by atoms with Gasteiger partial charge in [0.05, 0.1) is 6.61 Å². The van der Waals surface area contributed by atoms with Gasteiger partial charge in [0.25, 0.3) is 0 Å².